The van der Waals surface area contributed by atoms with Crippen LogP contribution >= 0.6 is 11.6 Å². The zero-order chi connectivity index (χ0) is 14.3. The van der Waals surface area contributed by atoms with Crippen LogP contribution in [0.1, 0.15) is 51.8 Å². The van der Waals surface area contributed by atoms with Gasteiger partial charge < -0.3 is 10.1 Å². The molecule has 0 radical (unpaired) electrons. The van der Waals surface area contributed by atoms with E-state index in [0.29, 0.717) is 0 Å². The van der Waals surface area contributed by atoms with Crippen molar-refractivity contribution in [2.24, 2.45) is 0 Å². The maximum Gasteiger partial charge on any atom is 0.0835 e. The number of methoxy groups -OCH3 is 1. The fourth-order valence-corrected chi connectivity index (χ4v) is 2.66. The van der Waals surface area contributed by atoms with E-state index >= 15 is 0 Å². The molecule has 0 saturated carbocycles. The van der Waals surface area contributed by atoms with Crippen LogP contribution in [-0.2, 0) is 11.3 Å². The largest absolute Gasteiger partial charge is 0.379 e. The van der Waals surface area contributed by atoms with Gasteiger partial charge in [-0.2, -0.15) is 5.10 Å². The fourth-order valence-electron chi connectivity index (χ4n) is 2.40. The summed E-state index contributed by atoms with van der Waals surface area (Å²) in [7, 11) is 1.76. The molecule has 0 bridgehead atoms. The summed E-state index contributed by atoms with van der Waals surface area (Å²) in [6, 6.07) is 0.0940. The number of hydrogen-bond acceptors (Lipinski definition) is 3. The number of aryl methyl sites for hydroxylation is 1. The highest BCUT2D eigenvalue weighted by atomic mass is 35.5. The van der Waals surface area contributed by atoms with Crippen LogP contribution in [0.4, 0.5) is 0 Å². The number of nitrogens with zero attached hydrogens (tertiary/aromatic N) is 2. The van der Waals surface area contributed by atoms with Crippen LogP contribution in [0.25, 0.3) is 0 Å². The first-order valence-electron chi connectivity index (χ1n) is 7.16. The maximum absolute atomic E-state index is 6.33. The molecule has 1 heterocycles. The third-order valence-electron chi connectivity index (χ3n) is 3.24. The molecule has 0 amide bonds. The van der Waals surface area contributed by atoms with Crippen LogP contribution in [0.3, 0.4) is 0 Å². The molecule has 0 fully saturated rings. The number of hydrogen-bond donors (Lipinski definition) is 1. The van der Waals surface area contributed by atoms with Gasteiger partial charge in [0.2, 0.25) is 0 Å². The van der Waals surface area contributed by atoms with Crippen LogP contribution in [0, 0.1) is 0 Å². The predicted octanol–water partition coefficient (Wildman–Crippen LogP) is 3.41. The van der Waals surface area contributed by atoms with E-state index in [4.69, 9.17) is 16.3 Å². The number of nitrogens with one attached hydrogen (secondary N) is 1. The second-order valence-electron chi connectivity index (χ2n) is 4.70. The van der Waals surface area contributed by atoms with Gasteiger partial charge in [-0.05, 0) is 19.4 Å². The maximum atomic E-state index is 6.33. The highest BCUT2D eigenvalue weighted by molar-refractivity contribution is 6.31. The molecule has 1 N–H and O–H groups in total. The Kier molecular flexibility index (Phi) is 7.42. The van der Waals surface area contributed by atoms with E-state index < -0.39 is 0 Å². The summed E-state index contributed by atoms with van der Waals surface area (Å²) in [5, 5.41) is 8.58. The molecule has 0 aliphatic heterocycles. The van der Waals surface area contributed by atoms with E-state index in [1.807, 2.05) is 4.68 Å². The molecule has 0 aromatic carbocycles. The summed E-state index contributed by atoms with van der Waals surface area (Å²) in [6.07, 6.45) is 4.97. The molecule has 1 rings (SSSR count). The quantitative estimate of drug-likeness (QED) is 0.756. The van der Waals surface area contributed by atoms with Gasteiger partial charge in [-0.25, -0.2) is 0 Å². The fraction of sp³-hybridized carbons (Fsp3) is 0.786. The number of aromatic nitrogens is 2. The zero-order valence-electron chi connectivity index (χ0n) is 12.4. The lowest BCUT2D eigenvalue weighted by atomic mass is 10.0. The van der Waals surface area contributed by atoms with Crippen molar-refractivity contribution in [2.75, 3.05) is 13.7 Å². The van der Waals surface area contributed by atoms with Crippen molar-refractivity contribution in [3.63, 3.8) is 0 Å². The minimum Gasteiger partial charge on any atom is -0.379 e. The standard InChI is InChI=1S/C14H26ClN3O/c1-5-8-12(19-4)13(16-7-3)14-11(15)10-17-18(14)9-6-2/h10,12-13,16H,5-9H2,1-4H3. The normalized spacial score (nSPS) is 14.6. The first-order valence-corrected chi connectivity index (χ1v) is 7.54. The SMILES string of the molecule is CCCC(OC)C(NCC)c1c(Cl)cnn1CCC. The predicted molar refractivity (Wildman–Crippen MR) is 79.7 cm³/mol. The van der Waals surface area contributed by atoms with Gasteiger partial charge in [0.1, 0.15) is 0 Å². The van der Waals surface area contributed by atoms with Crippen molar-refractivity contribution in [1.82, 2.24) is 15.1 Å². The van der Waals surface area contributed by atoms with Crippen molar-refractivity contribution in [1.29, 1.82) is 0 Å². The van der Waals surface area contributed by atoms with Gasteiger partial charge in [-0.1, -0.05) is 38.8 Å². The molecule has 2 atom stereocenters. The molecule has 19 heavy (non-hydrogen) atoms. The van der Waals surface area contributed by atoms with Gasteiger partial charge in [-0.15, -0.1) is 0 Å². The van der Waals surface area contributed by atoms with Crippen molar-refractivity contribution in [3.05, 3.63) is 16.9 Å². The van der Waals surface area contributed by atoms with Gasteiger partial charge in [0.05, 0.1) is 29.1 Å². The van der Waals surface area contributed by atoms with E-state index in [1.54, 1.807) is 13.3 Å². The van der Waals surface area contributed by atoms with Crippen molar-refractivity contribution in [2.45, 2.75) is 58.7 Å². The van der Waals surface area contributed by atoms with Crippen LogP contribution in [-0.4, -0.2) is 29.5 Å². The van der Waals surface area contributed by atoms with Gasteiger partial charge in [0.25, 0.3) is 0 Å². The minimum atomic E-state index is 0.0940. The summed E-state index contributed by atoms with van der Waals surface area (Å²) in [5.74, 6) is 0. The Labute approximate surface area is 121 Å². The Morgan fingerprint density at radius 3 is 2.63 bits per heavy atom. The summed E-state index contributed by atoms with van der Waals surface area (Å²) < 4.78 is 7.65. The zero-order valence-corrected chi connectivity index (χ0v) is 13.2. The number of rotatable bonds is 9. The van der Waals surface area contributed by atoms with E-state index in [1.165, 1.54) is 0 Å². The second-order valence-corrected chi connectivity index (χ2v) is 5.11. The Morgan fingerprint density at radius 1 is 1.37 bits per heavy atom. The Bertz CT molecular complexity index is 368. The smallest absolute Gasteiger partial charge is 0.0835 e. The Morgan fingerprint density at radius 2 is 2.11 bits per heavy atom. The second kappa shape index (κ2) is 8.56. The molecule has 0 spiro atoms. The van der Waals surface area contributed by atoms with Gasteiger partial charge in [0, 0.05) is 13.7 Å². The van der Waals surface area contributed by atoms with Gasteiger partial charge in [-0.3, -0.25) is 4.68 Å². The van der Waals surface area contributed by atoms with E-state index in [9.17, 15) is 0 Å². The number of halogens is 1. The minimum absolute atomic E-state index is 0.0940. The first kappa shape index (κ1) is 16.5. The van der Waals surface area contributed by atoms with Crippen LogP contribution in [0.15, 0.2) is 6.20 Å². The number of ether oxygens (including phenoxy) is 1. The van der Waals surface area contributed by atoms with Crippen molar-refractivity contribution >= 4 is 11.6 Å². The van der Waals surface area contributed by atoms with Gasteiger partial charge >= 0.3 is 0 Å². The summed E-state index contributed by atoms with van der Waals surface area (Å²) in [5.41, 5.74) is 1.05. The lowest BCUT2D eigenvalue weighted by Crippen LogP contribution is -2.35. The van der Waals surface area contributed by atoms with Crippen molar-refractivity contribution in [3.8, 4) is 0 Å². The molecule has 5 heteroatoms. The third kappa shape index (κ3) is 4.20. The Hall–Kier alpha value is -0.580. The third-order valence-corrected chi connectivity index (χ3v) is 3.53. The molecule has 1 aromatic heterocycles. The Balaban J connectivity index is 3.05. The molecule has 4 nitrogen and oxygen atoms in total. The first-order chi connectivity index (χ1) is 9.19. The van der Waals surface area contributed by atoms with Crippen LogP contribution in [0.2, 0.25) is 5.02 Å². The number of likely N-dealkylation sites (N-methyl/N-ethyl adjacent to an activating group) is 1. The topological polar surface area (TPSA) is 39.1 Å². The molecular formula is C14H26ClN3O. The summed E-state index contributed by atoms with van der Waals surface area (Å²) in [6.45, 7) is 8.16. The van der Waals surface area contributed by atoms with Crippen molar-refractivity contribution < 1.29 is 4.74 Å². The molecule has 0 saturated heterocycles. The summed E-state index contributed by atoms with van der Waals surface area (Å²) >= 11 is 6.33. The van der Waals surface area contributed by atoms with Crippen LogP contribution < -0.4 is 5.32 Å². The van der Waals surface area contributed by atoms with Crippen LogP contribution in [0.5, 0.6) is 0 Å². The van der Waals surface area contributed by atoms with E-state index in [-0.39, 0.29) is 12.1 Å². The lowest BCUT2D eigenvalue weighted by molar-refractivity contribution is 0.0583. The average molecular weight is 288 g/mol. The highest BCUT2D eigenvalue weighted by Gasteiger charge is 2.27. The molecule has 0 aliphatic carbocycles. The lowest BCUT2D eigenvalue weighted by Gasteiger charge is -2.27. The molecule has 110 valence electrons. The van der Waals surface area contributed by atoms with E-state index in [0.717, 1.165) is 43.1 Å². The van der Waals surface area contributed by atoms with Gasteiger partial charge in [0.15, 0.2) is 0 Å². The average Bonchev–Trinajstić information content (AvgIpc) is 2.75. The molecule has 2 unspecified atom stereocenters. The molecule has 0 aliphatic rings. The van der Waals surface area contributed by atoms with E-state index in [2.05, 4.69) is 31.2 Å². The monoisotopic (exact) mass is 287 g/mol. The molecule has 1 aromatic rings. The summed E-state index contributed by atoms with van der Waals surface area (Å²) in [4.78, 5) is 0. The molecular weight excluding hydrogens is 262 g/mol. The highest BCUT2D eigenvalue weighted by Crippen LogP contribution is 2.28.